The molecule has 0 fully saturated rings. The SMILES string of the molecule is Cc1cc2c(NN)c3c(nc2cc1Cl)CCOC3. The molecule has 1 aliphatic rings. The van der Waals surface area contributed by atoms with Gasteiger partial charge in [0.2, 0.25) is 0 Å². The first kappa shape index (κ1) is 11.7. The molecule has 1 aromatic carbocycles. The Labute approximate surface area is 110 Å². The summed E-state index contributed by atoms with van der Waals surface area (Å²) >= 11 is 6.15. The molecule has 0 saturated heterocycles. The maximum absolute atomic E-state index is 6.15. The van der Waals surface area contributed by atoms with Crippen LogP contribution in [0.5, 0.6) is 0 Å². The monoisotopic (exact) mass is 263 g/mol. The lowest BCUT2D eigenvalue weighted by atomic mass is 10.0. The normalized spacial score (nSPS) is 14.6. The van der Waals surface area contributed by atoms with Crippen molar-refractivity contribution in [2.24, 2.45) is 5.84 Å². The van der Waals surface area contributed by atoms with Crippen molar-refractivity contribution in [1.29, 1.82) is 0 Å². The number of benzene rings is 1. The number of fused-ring (bicyclic) bond motifs is 2. The Morgan fingerprint density at radius 1 is 1.44 bits per heavy atom. The summed E-state index contributed by atoms with van der Waals surface area (Å²) in [5.74, 6) is 5.66. The van der Waals surface area contributed by atoms with Crippen molar-refractivity contribution < 1.29 is 4.74 Å². The van der Waals surface area contributed by atoms with Gasteiger partial charge in [0.05, 0.1) is 30.1 Å². The predicted octanol–water partition coefficient (Wildman–Crippen LogP) is 2.55. The van der Waals surface area contributed by atoms with Crippen LogP contribution in [-0.2, 0) is 17.8 Å². The number of rotatable bonds is 1. The number of hydrogen-bond acceptors (Lipinski definition) is 4. The molecule has 4 nitrogen and oxygen atoms in total. The zero-order valence-corrected chi connectivity index (χ0v) is 10.8. The van der Waals surface area contributed by atoms with Crippen LogP contribution in [0.1, 0.15) is 16.8 Å². The standard InChI is InChI=1S/C13H14ClN3O/c1-7-4-8-12(5-10(7)14)16-11-2-3-18-6-9(11)13(8)17-15/h4-5H,2-3,6,15H2,1H3,(H,16,17). The molecular formula is C13H14ClN3O. The van der Waals surface area contributed by atoms with Crippen LogP contribution in [0.3, 0.4) is 0 Å². The van der Waals surface area contributed by atoms with Gasteiger partial charge in [-0.25, -0.2) is 0 Å². The van der Waals surface area contributed by atoms with Gasteiger partial charge in [0.15, 0.2) is 0 Å². The van der Waals surface area contributed by atoms with Crippen LogP contribution in [0.25, 0.3) is 10.9 Å². The molecule has 0 amide bonds. The highest BCUT2D eigenvalue weighted by atomic mass is 35.5. The van der Waals surface area contributed by atoms with Crippen molar-refractivity contribution in [2.45, 2.75) is 20.0 Å². The first-order valence-corrected chi connectivity index (χ1v) is 6.24. The second-order valence-electron chi connectivity index (χ2n) is 4.48. The lowest BCUT2D eigenvalue weighted by Crippen LogP contribution is -2.18. The second kappa shape index (κ2) is 4.39. The minimum atomic E-state index is 0.555. The highest BCUT2D eigenvalue weighted by molar-refractivity contribution is 6.32. The van der Waals surface area contributed by atoms with E-state index in [1.165, 1.54) is 0 Å². The molecule has 0 saturated carbocycles. The van der Waals surface area contributed by atoms with E-state index in [0.29, 0.717) is 13.2 Å². The van der Waals surface area contributed by atoms with Crippen LogP contribution in [0.2, 0.25) is 5.02 Å². The molecule has 18 heavy (non-hydrogen) atoms. The molecule has 0 atom stereocenters. The molecule has 0 aliphatic carbocycles. The minimum Gasteiger partial charge on any atom is -0.376 e. The van der Waals surface area contributed by atoms with Gasteiger partial charge in [-0.15, -0.1) is 0 Å². The van der Waals surface area contributed by atoms with E-state index in [9.17, 15) is 0 Å². The van der Waals surface area contributed by atoms with Crippen LogP contribution in [-0.4, -0.2) is 11.6 Å². The third-order valence-corrected chi connectivity index (χ3v) is 3.73. The minimum absolute atomic E-state index is 0.555. The molecule has 3 N–H and O–H groups in total. The number of nitrogens with one attached hydrogen (secondary N) is 1. The number of hydrogen-bond donors (Lipinski definition) is 2. The molecule has 1 aliphatic heterocycles. The lowest BCUT2D eigenvalue weighted by Gasteiger charge is -2.21. The van der Waals surface area contributed by atoms with Crippen LogP contribution >= 0.6 is 11.6 Å². The zero-order valence-electron chi connectivity index (χ0n) is 10.1. The summed E-state index contributed by atoms with van der Waals surface area (Å²) < 4.78 is 5.48. The van der Waals surface area contributed by atoms with Crippen molar-refractivity contribution in [2.75, 3.05) is 12.0 Å². The molecule has 0 radical (unpaired) electrons. The molecule has 1 aromatic heterocycles. The molecular weight excluding hydrogens is 250 g/mol. The van der Waals surface area contributed by atoms with Crippen molar-refractivity contribution >= 4 is 28.2 Å². The summed E-state index contributed by atoms with van der Waals surface area (Å²) in [5.41, 5.74) is 7.66. The fourth-order valence-corrected chi connectivity index (χ4v) is 2.51. The van der Waals surface area contributed by atoms with Gasteiger partial charge in [-0.1, -0.05) is 11.6 Å². The van der Waals surface area contributed by atoms with Crippen molar-refractivity contribution in [1.82, 2.24) is 4.98 Å². The third-order valence-electron chi connectivity index (χ3n) is 3.33. The van der Waals surface area contributed by atoms with Crippen molar-refractivity contribution in [3.8, 4) is 0 Å². The maximum Gasteiger partial charge on any atom is 0.0755 e. The molecule has 0 spiro atoms. The lowest BCUT2D eigenvalue weighted by molar-refractivity contribution is 0.110. The Kier molecular flexibility index (Phi) is 2.86. The summed E-state index contributed by atoms with van der Waals surface area (Å²) in [6.07, 6.45) is 0.811. The van der Waals surface area contributed by atoms with Crippen molar-refractivity contribution in [3.63, 3.8) is 0 Å². The Bertz CT molecular complexity index is 627. The summed E-state index contributed by atoms with van der Waals surface area (Å²) in [7, 11) is 0. The quantitative estimate of drug-likeness (QED) is 0.613. The molecule has 5 heteroatoms. The number of anilines is 1. The van der Waals surface area contributed by atoms with E-state index in [1.54, 1.807) is 0 Å². The van der Waals surface area contributed by atoms with Crippen LogP contribution < -0.4 is 11.3 Å². The van der Waals surface area contributed by atoms with E-state index in [4.69, 9.17) is 22.2 Å². The number of aromatic nitrogens is 1. The second-order valence-corrected chi connectivity index (χ2v) is 4.88. The highest BCUT2D eigenvalue weighted by Gasteiger charge is 2.18. The highest BCUT2D eigenvalue weighted by Crippen LogP contribution is 2.33. The van der Waals surface area contributed by atoms with Gasteiger partial charge in [-0.05, 0) is 24.6 Å². The molecule has 0 unspecified atom stereocenters. The number of nitrogens with two attached hydrogens (primary N) is 1. The Morgan fingerprint density at radius 3 is 3.06 bits per heavy atom. The topological polar surface area (TPSA) is 60.2 Å². The number of pyridine rings is 1. The van der Waals surface area contributed by atoms with E-state index in [1.807, 2.05) is 19.1 Å². The van der Waals surface area contributed by atoms with Gasteiger partial charge in [0.1, 0.15) is 0 Å². The van der Waals surface area contributed by atoms with Crippen molar-refractivity contribution in [3.05, 3.63) is 34.0 Å². The van der Waals surface area contributed by atoms with E-state index in [2.05, 4.69) is 10.4 Å². The number of nitrogen functional groups attached to an aromatic ring is 1. The molecule has 2 heterocycles. The largest absolute Gasteiger partial charge is 0.376 e. The third kappa shape index (κ3) is 1.73. The van der Waals surface area contributed by atoms with Gasteiger partial charge >= 0.3 is 0 Å². The molecule has 2 aromatic rings. The van der Waals surface area contributed by atoms with E-state index >= 15 is 0 Å². The van der Waals surface area contributed by atoms with Crippen LogP contribution in [0.15, 0.2) is 12.1 Å². The van der Waals surface area contributed by atoms with Gasteiger partial charge in [-0.2, -0.15) is 0 Å². The van der Waals surface area contributed by atoms with Gasteiger partial charge < -0.3 is 10.2 Å². The van der Waals surface area contributed by atoms with Gasteiger partial charge in [0, 0.05) is 22.4 Å². The number of ether oxygens (including phenoxy) is 1. The average molecular weight is 264 g/mol. The number of nitrogens with zero attached hydrogens (tertiary/aromatic N) is 1. The Hall–Kier alpha value is -1.36. The first-order valence-electron chi connectivity index (χ1n) is 5.86. The smallest absolute Gasteiger partial charge is 0.0755 e. The van der Waals surface area contributed by atoms with Gasteiger partial charge in [0.25, 0.3) is 0 Å². The molecule has 3 rings (SSSR count). The van der Waals surface area contributed by atoms with E-state index in [-0.39, 0.29) is 0 Å². The van der Waals surface area contributed by atoms with E-state index < -0.39 is 0 Å². The summed E-state index contributed by atoms with van der Waals surface area (Å²) in [6.45, 7) is 3.23. The Morgan fingerprint density at radius 2 is 2.28 bits per heavy atom. The molecule has 94 valence electrons. The fourth-order valence-electron chi connectivity index (χ4n) is 2.35. The van der Waals surface area contributed by atoms with Crippen LogP contribution in [0.4, 0.5) is 5.69 Å². The molecule has 0 bridgehead atoms. The number of halogens is 1. The average Bonchev–Trinajstić information content (AvgIpc) is 2.38. The zero-order chi connectivity index (χ0) is 12.7. The first-order chi connectivity index (χ1) is 8.70. The predicted molar refractivity (Wildman–Crippen MR) is 72.7 cm³/mol. The summed E-state index contributed by atoms with van der Waals surface area (Å²) in [5, 5.41) is 1.72. The summed E-state index contributed by atoms with van der Waals surface area (Å²) in [4.78, 5) is 4.67. The van der Waals surface area contributed by atoms with Crippen LogP contribution in [0, 0.1) is 6.92 Å². The summed E-state index contributed by atoms with van der Waals surface area (Å²) in [6, 6.07) is 3.90. The fraction of sp³-hybridized carbons (Fsp3) is 0.308. The number of hydrazine groups is 1. The maximum atomic E-state index is 6.15. The van der Waals surface area contributed by atoms with Gasteiger partial charge in [-0.3, -0.25) is 10.8 Å². The number of aryl methyl sites for hydroxylation is 1. The Balaban J connectivity index is 2.36. The van der Waals surface area contributed by atoms with E-state index in [0.717, 1.165) is 44.9 Å².